The Morgan fingerprint density at radius 1 is 0.600 bits per heavy atom. The maximum atomic E-state index is 12.9. The predicted molar refractivity (Wildman–Crippen MR) is 189 cm³/mol. The molecule has 0 saturated carbocycles. The quantitative estimate of drug-likeness (QED) is 0.225. The van der Waals surface area contributed by atoms with Gasteiger partial charge in [0.05, 0.1) is 40.7 Å². The van der Waals surface area contributed by atoms with Crippen molar-refractivity contribution in [1.82, 2.24) is 14.8 Å². The van der Waals surface area contributed by atoms with Gasteiger partial charge in [0.2, 0.25) is 0 Å². The molecule has 4 aromatic carbocycles. The molecule has 8 rings (SSSR count). The number of nitrogens with zero attached hydrogens (tertiary/aromatic N) is 7. The number of rotatable bonds is 4. The van der Waals surface area contributed by atoms with E-state index < -0.39 is 0 Å². The molecule has 0 aliphatic carbocycles. The number of furan rings is 1. The minimum atomic E-state index is -0.0345. The van der Waals surface area contributed by atoms with Crippen LogP contribution in [0.4, 0.5) is 11.4 Å². The van der Waals surface area contributed by atoms with E-state index in [9.17, 15) is 9.59 Å². The van der Waals surface area contributed by atoms with Crippen molar-refractivity contribution in [2.24, 2.45) is 0 Å². The van der Waals surface area contributed by atoms with Crippen LogP contribution >= 0.6 is 0 Å². The van der Waals surface area contributed by atoms with Crippen molar-refractivity contribution in [3.63, 3.8) is 0 Å². The largest absolute Gasteiger partial charge is 0.464 e. The van der Waals surface area contributed by atoms with Crippen molar-refractivity contribution in [3.05, 3.63) is 126 Å². The molecule has 0 atom stereocenters. The molecule has 2 saturated heterocycles. The fourth-order valence-electron chi connectivity index (χ4n) is 6.44. The molecule has 0 spiro atoms. The summed E-state index contributed by atoms with van der Waals surface area (Å²) in [5, 5.41) is 19.0. The number of carbonyl (C=O) groups is 2. The van der Waals surface area contributed by atoms with E-state index in [1.165, 1.54) is 6.39 Å². The van der Waals surface area contributed by atoms with E-state index in [2.05, 4.69) is 26.9 Å². The molecular weight excluding hydrogens is 630 g/mol. The first-order chi connectivity index (χ1) is 24.5. The van der Waals surface area contributed by atoms with E-state index >= 15 is 0 Å². The van der Waals surface area contributed by atoms with Crippen molar-refractivity contribution >= 4 is 45.3 Å². The summed E-state index contributed by atoms with van der Waals surface area (Å²) in [6.45, 7) is 5.49. The summed E-state index contributed by atoms with van der Waals surface area (Å²) >= 11 is 0. The molecule has 2 fully saturated rings. The molecular formula is C39H33N7O4. The van der Waals surface area contributed by atoms with Crippen LogP contribution in [0, 0.1) is 22.7 Å². The number of fused-ring (bicyclic) bond motifs is 2. The summed E-state index contributed by atoms with van der Waals surface area (Å²) in [4.78, 5) is 37.9. The Morgan fingerprint density at radius 3 is 1.68 bits per heavy atom. The van der Waals surface area contributed by atoms with Gasteiger partial charge in [-0.05, 0) is 60.7 Å². The SMILES string of the molecule is N#Cc1cccc(N2CCN(C(=O)c3cccc4ccoc34)CC2)c1.N#Cc1cccc(N2CCN(C(=O)c3cccc4ncoc34)CC2)c1. The van der Waals surface area contributed by atoms with Crippen molar-refractivity contribution < 1.29 is 18.4 Å². The van der Waals surface area contributed by atoms with Crippen LogP contribution in [0.15, 0.2) is 112 Å². The zero-order valence-electron chi connectivity index (χ0n) is 27.2. The Bertz CT molecular complexity index is 2090. The van der Waals surface area contributed by atoms with Crippen LogP contribution in [0.5, 0.6) is 0 Å². The number of benzene rings is 4. The van der Waals surface area contributed by atoms with Gasteiger partial charge in [0.25, 0.3) is 11.8 Å². The van der Waals surface area contributed by atoms with E-state index in [4.69, 9.17) is 19.4 Å². The Balaban J connectivity index is 0.000000157. The highest BCUT2D eigenvalue weighted by molar-refractivity contribution is 6.05. The molecule has 11 nitrogen and oxygen atoms in total. The number of hydrogen-bond donors (Lipinski definition) is 0. The molecule has 2 aromatic heterocycles. The van der Waals surface area contributed by atoms with Crippen LogP contribution in [0.1, 0.15) is 31.8 Å². The Hall–Kier alpha value is -6.59. The summed E-state index contributed by atoms with van der Waals surface area (Å²) in [6, 6.07) is 32.4. The number of nitriles is 2. The predicted octanol–water partition coefficient (Wildman–Crippen LogP) is 5.93. The van der Waals surface area contributed by atoms with Crippen molar-refractivity contribution in [3.8, 4) is 12.1 Å². The molecule has 0 unspecified atom stereocenters. The fraction of sp³-hybridized carbons (Fsp3) is 0.205. The van der Waals surface area contributed by atoms with Gasteiger partial charge >= 0.3 is 0 Å². The minimum Gasteiger partial charge on any atom is -0.464 e. The highest BCUT2D eigenvalue weighted by Crippen LogP contribution is 2.24. The molecule has 4 heterocycles. The number of carbonyl (C=O) groups excluding carboxylic acids is 2. The van der Waals surface area contributed by atoms with Gasteiger partial charge in [-0.3, -0.25) is 9.59 Å². The zero-order valence-corrected chi connectivity index (χ0v) is 27.2. The Labute approximate surface area is 288 Å². The Morgan fingerprint density at radius 2 is 1.12 bits per heavy atom. The van der Waals surface area contributed by atoms with Crippen LogP contribution in [0.3, 0.4) is 0 Å². The summed E-state index contributed by atoms with van der Waals surface area (Å²) in [6.07, 6.45) is 2.98. The first-order valence-electron chi connectivity index (χ1n) is 16.4. The number of piperazine rings is 2. The lowest BCUT2D eigenvalue weighted by molar-refractivity contribution is 0.0740. The number of hydrogen-bond acceptors (Lipinski definition) is 9. The summed E-state index contributed by atoms with van der Waals surface area (Å²) in [7, 11) is 0. The smallest absolute Gasteiger partial charge is 0.257 e. The van der Waals surface area contributed by atoms with Gasteiger partial charge in [0.1, 0.15) is 11.1 Å². The number of para-hydroxylation sites is 2. The van der Waals surface area contributed by atoms with Gasteiger partial charge in [-0.25, -0.2) is 4.98 Å². The molecule has 0 bridgehead atoms. The second-order valence-electron chi connectivity index (χ2n) is 12.0. The molecule has 0 radical (unpaired) electrons. The Kier molecular flexibility index (Phi) is 9.12. The first kappa shape index (κ1) is 32.0. The number of oxazole rings is 1. The average molecular weight is 664 g/mol. The third-order valence-corrected chi connectivity index (χ3v) is 9.11. The zero-order chi connectivity index (χ0) is 34.5. The summed E-state index contributed by atoms with van der Waals surface area (Å²) in [5.74, 6) is -0.0289. The molecule has 50 heavy (non-hydrogen) atoms. The van der Waals surface area contributed by atoms with E-state index in [-0.39, 0.29) is 11.8 Å². The molecule has 11 heteroatoms. The third-order valence-electron chi connectivity index (χ3n) is 9.11. The number of amides is 2. The first-order valence-corrected chi connectivity index (χ1v) is 16.4. The topological polar surface area (TPSA) is 134 Å². The van der Waals surface area contributed by atoms with E-state index in [0.717, 1.165) is 42.9 Å². The summed E-state index contributed by atoms with van der Waals surface area (Å²) in [5.41, 5.74) is 6.39. The van der Waals surface area contributed by atoms with Crippen molar-refractivity contribution in [2.75, 3.05) is 62.2 Å². The minimum absolute atomic E-state index is 0.00553. The van der Waals surface area contributed by atoms with Crippen LogP contribution in [0.2, 0.25) is 0 Å². The third kappa shape index (κ3) is 6.58. The molecule has 248 valence electrons. The van der Waals surface area contributed by atoms with Gasteiger partial charge in [-0.15, -0.1) is 0 Å². The standard InChI is InChI=1S/C20H17N3O2.C19H16N4O2/c21-14-15-3-1-5-17(13-15)22-8-10-23(11-9-22)20(24)18-6-2-4-16-7-12-25-19(16)18;20-12-14-3-1-4-15(11-14)22-7-9-23(10-8-22)19(24)16-5-2-6-17-18(16)25-13-21-17/h1-7,12-13H,8-11H2;1-6,11,13H,7-10H2. The second kappa shape index (κ2) is 14.3. The van der Waals surface area contributed by atoms with Crippen LogP contribution < -0.4 is 9.80 Å². The lowest BCUT2D eigenvalue weighted by Gasteiger charge is -2.36. The van der Waals surface area contributed by atoms with E-state index in [1.807, 2.05) is 82.6 Å². The normalized spacial score (nSPS) is 14.5. The van der Waals surface area contributed by atoms with Gasteiger partial charge in [-0.1, -0.05) is 30.3 Å². The average Bonchev–Trinajstić information content (AvgIpc) is 3.88. The van der Waals surface area contributed by atoms with Gasteiger partial charge < -0.3 is 28.4 Å². The molecule has 2 aliphatic rings. The molecule has 2 amide bonds. The van der Waals surface area contributed by atoms with Crippen molar-refractivity contribution in [2.45, 2.75) is 0 Å². The molecule has 6 aromatic rings. The monoisotopic (exact) mass is 663 g/mol. The van der Waals surface area contributed by atoms with Gasteiger partial charge in [-0.2, -0.15) is 10.5 Å². The van der Waals surface area contributed by atoms with Gasteiger partial charge in [0.15, 0.2) is 12.0 Å². The summed E-state index contributed by atoms with van der Waals surface area (Å²) < 4.78 is 10.9. The lowest BCUT2D eigenvalue weighted by Crippen LogP contribution is -2.48. The highest BCUT2D eigenvalue weighted by Gasteiger charge is 2.26. The molecule has 0 N–H and O–H groups in total. The van der Waals surface area contributed by atoms with E-state index in [1.54, 1.807) is 24.5 Å². The van der Waals surface area contributed by atoms with Crippen LogP contribution in [0.25, 0.3) is 22.1 Å². The molecule has 2 aliphatic heterocycles. The lowest BCUT2D eigenvalue weighted by atomic mass is 10.1. The van der Waals surface area contributed by atoms with Crippen molar-refractivity contribution in [1.29, 1.82) is 10.5 Å². The van der Waals surface area contributed by atoms with E-state index in [0.29, 0.717) is 65.1 Å². The van der Waals surface area contributed by atoms with Gasteiger partial charge in [0, 0.05) is 69.1 Å². The number of anilines is 2. The second-order valence-corrected chi connectivity index (χ2v) is 12.0. The number of aromatic nitrogens is 1. The highest BCUT2D eigenvalue weighted by atomic mass is 16.3. The van der Waals surface area contributed by atoms with Crippen LogP contribution in [-0.4, -0.2) is 79.0 Å². The maximum Gasteiger partial charge on any atom is 0.257 e. The maximum absolute atomic E-state index is 12.9. The fourth-order valence-corrected chi connectivity index (χ4v) is 6.44. The van der Waals surface area contributed by atoms with Crippen LogP contribution in [-0.2, 0) is 0 Å².